The van der Waals surface area contributed by atoms with Crippen LogP contribution in [0.25, 0.3) is 0 Å². The van der Waals surface area contributed by atoms with Gasteiger partial charge in [0.2, 0.25) is 5.91 Å². The number of nitrogens with zero attached hydrogens (tertiary/aromatic N) is 1. The molecule has 1 aliphatic heterocycles. The Labute approximate surface area is 154 Å². The number of carbonyl (C=O) groups excluding carboxylic acids is 1. The minimum Gasteiger partial charge on any atom is -0.497 e. The van der Waals surface area contributed by atoms with Gasteiger partial charge in [0.05, 0.1) is 33.8 Å². The highest BCUT2D eigenvalue weighted by molar-refractivity contribution is 5.80. The molecule has 0 unspecified atom stereocenters. The normalized spacial score (nSPS) is 16.4. The summed E-state index contributed by atoms with van der Waals surface area (Å²) in [7, 11) is 4.88. The van der Waals surface area contributed by atoms with Gasteiger partial charge in [-0.05, 0) is 36.6 Å². The Morgan fingerprint density at radius 3 is 2.35 bits per heavy atom. The topological polar surface area (TPSA) is 48.0 Å². The third-order valence-electron chi connectivity index (χ3n) is 4.91. The molecule has 3 rings (SSSR count). The first-order valence-corrected chi connectivity index (χ1v) is 8.80. The fourth-order valence-electron chi connectivity index (χ4n) is 3.50. The summed E-state index contributed by atoms with van der Waals surface area (Å²) in [6.45, 7) is 0.786. The zero-order valence-electron chi connectivity index (χ0n) is 15.5. The van der Waals surface area contributed by atoms with Gasteiger partial charge in [-0.2, -0.15) is 0 Å². The molecule has 0 saturated carbocycles. The zero-order valence-corrected chi connectivity index (χ0v) is 15.5. The third kappa shape index (κ3) is 3.77. The van der Waals surface area contributed by atoms with E-state index in [1.54, 1.807) is 21.3 Å². The Balaban J connectivity index is 1.76. The Hall–Kier alpha value is -2.69. The predicted molar refractivity (Wildman–Crippen MR) is 99.9 cm³/mol. The van der Waals surface area contributed by atoms with E-state index in [1.165, 1.54) is 0 Å². The van der Waals surface area contributed by atoms with E-state index in [0.29, 0.717) is 12.2 Å². The predicted octanol–water partition coefficient (Wildman–Crippen LogP) is 3.62. The fourth-order valence-corrected chi connectivity index (χ4v) is 3.50. The number of methoxy groups -OCH3 is 3. The number of likely N-dealkylation sites (tertiary alicyclic amines) is 1. The van der Waals surface area contributed by atoms with Gasteiger partial charge in [0.1, 0.15) is 17.2 Å². The largest absolute Gasteiger partial charge is 0.497 e. The van der Waals surface area contributed by atoms with Crippen molar-refractivity contribution in [2.75, 3.05) is 27.9 Å². The number of hydrogen-bond acceptors (Lipinski definition) is 4. The molecule has 1 saturated heterocycles. The van der Waals surface area contributed by atoms with Gasteiger partial charge in [-0.15, -0.1) is 0 Å². The standard InChI is InChI=1S/C21H25NO4/c1-24-17-9-6-15(7-10-17)19-5-4-12-22(19)21(23)13-16-8-11-18(25-2)14-20(16)26-3/h6-11,14,19H,4-5,12-13H2,1-3H3/t19-/m1/s1. The number of ether oxygens (including phenoxy) is 3. The van der Waals surface area contributed by atoms with Gasteiger partial charge in [0, 0.05) is 18.2 Å². The Bertz CT molecular complexity index is 757. The van der Waals surface area contributed by atoms with Gasteiger partial charge in [0.25, 0.3) is 0 Å². The Morgan fingerprint density at radius 2 is 1.69 bits per heavy atom. The first kappa shape index (κ1) is 18.1. The molecule has 26 heavy (non-hydrogen) atoms. The summed E-state index contributed by atoms with van der Waals surface area (Å²) < 4.78 is 15.9. The molecule has 1 aliphatic rings. The molecule has 1 amide bonds. The molecule has 1 atom stereocenters. The van der Waals surface area contributed by atoms with Crippen LogP contribution in [-0.4, -0.2) is 38.7 Å². The van der Waals surface area contributed by atoms with Crippen molar-refractivity contribution in [3.05, 3.63) is 53.6 Å². The Morgan fingerprint density at radius 1 is 1.00 bits per heavy atom. The molecule has 138 valence electrons. The summed E-state index contributed by atoms with van der Waals surface area (Å²) in [5.74, 6) is 2.34. The second-order valence-electron chi connectivity index (χ2n) is 6.37. The molecule has 2 aromatic carbocycles. The quantitative estimate of drug-likeness (QED) is 0.794. The average Bonchev–Trinajstić information content (AvgIpc) is 3.18. The van der Waals surface area contributed by atoms with Crippen molar-refractivity contribution in [2.45, 2.75) is 25.3 Å². The summed E-state index contributed by atoms with van der Waals surface area (Å²) in [6.07, 6.45) is 2.32. The summed E-state index contributed by atoms with van der Waals surface area (Å²) in [6, 6.07) is 13.7. The lowest BCUT2D eigenvalue weighted by molar-refractivity contribution is -0.131. The maximum atomic E-state index is 13.0. The SMILES string of the molecule is COc1ccc([C@H]2CCCN2C(=O)Cc2ccc(OC)cc2OC)cc1. The van der Waals surface area contributed by atoms with E-state index in [1.807, 2.05) is 47.4 Å². The molecule has 0 bridgehead atoms. The highest BCUT2D eigenvalue weighted by Crippen LogP contribution is 2.34. The van der Waals surface area contributed by atoms with Crippen LogP contribution in [0.1, 0.15) is 30.0 Å². The maximum Gasteiger partial charge on any atom is 0.227 e. The molecule has 2 aromatic rings. The molecule has 0 aliphatic carbocycles. The lowest BCUT2D eigenvalue weighted by Crippen LogP contribution is -2.31. The summed E-state index contributed by atoms with van der Waals surface area (Å²) >= 11 is 0. The highest BCUT2D eigenvalue weighted by Gasteiger charge is 2.30. The van der Waals surface area contributed by atoms with E-state index >= 15 is 0 Å². The van der Waals surface area contributed by atoms with Crippen molar-refractivity contribution in [3.8, 4) is 17.2 Å². The van der Waals surface area contributed by atoms with E-state index in [0.717, 1.165) is 42.0 Å². The lowest BCUT2D eigenvalue weighted by atomic mass is 10.0. The van der Waals surface area contributed by atoms with Crippen LogP contribution in [0.4, 0.5) is 0 Å². The monoisotopic (exact) mass is 355 g/mol. The number of amides is 1. The third-order valence-corrected chi connectivity index (χ3v) is 4.91. The van der Waals surface area contributed by atoms with E-state index in [9.17, 15) is 4.79 Å². The van der Waals surface area contributed by atoms with Gasteiger partial charge >= 0.3 is 0 Å². The van der Waals surface area contributed by atoms with E-state index in [2.05, 4.69) is 0 Å². The van der Waals surface area contributed by atoms with Crippen LogP contribution in [-0.2, 0) is 11.2 Å². The molecular weight excluding hydrogens is 330 g/mol. The van der Waals surface area contributed by atoms with Gasteiger partial charge < -0.3 is 19.1 Å². The number of benzene rings is 2. The second kappa shape index (κ2) is 8.13. The van der Waals surface area contributed by atoms with Gasteiger partial charge in [-0.25, -0.2) is 0 Å². The lowest BCUT2D eigenvalue weighted by Gasteiger charge is -2.25. The van der Waals surface area contributed by atoms with Crippen molar-refractivity contribution in [2.24, 2.45) is 0 Å². The number of rotatable bonds is 6. The van der Waals surface area contributed by atoms with Crippen LogP contribution < -0.4 is 14.2 Å². The molecule has 0 aromatic heterocycles. The summed E-state index contributed by atoms with van der Waals surface area (Å²) in [5.41, 5.74) is 2.03. The first-order valence-electron chi connectivity index (χ1n) is 8.80. The molecule has 5 heteroatoms. The Kier molecular flexibility index (Phi) is 5.66. The van der Waals surface area contributed by atoms with Gasteiger partial charge in [-0.3, -0.25) is 4.79 Å². The minimum atomic E-state index is 0.117. The molecule has 0 radical (unpaired) electrons. The van der Waals surface area contributed by atoms with Crippen molar-refractivity contribution in [3.63, 3.8) is 0 Å². The fraction of sp³-hybridized carbons (Fsp3) is 0.381. The summed E-state index contributed by atoms with van der Waals surface area (Å²) in [4.78, 5) is 14.9. The molecule has 0 N–H and O–H groups in total. The molecule has 1 heterocycles. The van der Waals surface area contributed by atoms with Gasteiger partial charge in [0.15, 0.2) is 0 Å². The van der Waals surface area contributed by atoms with E-state index in [-0.39, 0.29) is 11.9 Å². The van der Waals surface area contributed by atoms with Gasteiger partial charge in [-0.1, -0.05) is 18.2 Å². The summed E-state index contributed by atoms with van der Waals surface area (Å²) in [5, 5.41) is 0. The zero-order chi connectivity index (χ0) is 18.5. The second-order valence-corrected chi connectivity index (χ2v) is 6.37. The van der Waals surface area contributed by atoms with E-state index in [4.69, 9.17) is 14.2 Å². The maximum absolute atomic E-state index is 13.0. The smallest absolute Gasteiger partial charge is 0.227 e. The average molecular weight is 355 g/mol. The van der Waals surface area contributed by atoms with Crippen molar-refractivity contribution in [1.29, 1.82) is 0 Å². The first-order chi connectivity index (χ1) is 12.7. The van der Waals surface area contributed by atoms with E-state index < -0.39 is 0 Å². The molecular formula is C21H25NO4. The van der Waals surface area contributed by atoms with Crippen LogP contribution in [0.15, 0.2) is 42.5 Å². The highest BCUT2D eigenvalue weighted by atomic mass is 16.5. The number of hydrogen-bond donors (Lipinski definition) is 0. The minimum absolute atomic E-state index is 0.117. The van der Waals surface area contributed by atoms with Crippen LogP contribution in [0.5, 0.6) is 17.2 Å². The number of carbonyl (C=O) groups is 1. The van der Waals surface area contributed by atoms with Crippen LogP contribution >= 0.6 is 0 Å². The van der Waals surface area contributed by atoms with Crippen molar-refractivity contribution < 1.29 is 19.0 Å². The van der Waals surface area contributed by atoms with Crippen LogP contribution in [0.2, 0.25) is 0 Å². The molecule has 0 spiro atoms. The van der Waals surface area contributed by atoms with Crippen LogP contribution in [0.3, 0.4) is 0 Å². The van der Waals surface area contributed by atoms with Crippen molar-refractivity contribution >= 4 is 5.91 Å². The van der Waals surface area contributed by atoms with Crippen LogP contribution in [0, 0.1) is 0 Å². The molecule has 5 nitrogen and oxygen atoms in total. The van der Waals surface area contributed by atoms with Crippen molar-refractivity contribution in [1.82, 2.24) is 4.90 Å². The molecule has 1 fully saturated rings.